The lowest BCUT2D eigenvalue weighted by Gasteiger charge is -2.29. The third kappa shape index (κ3) is 3.16. The van der Waals surface area contributed by atoms with Gasteiger partial charge in [-0.2, -0.15) is 17.7 Å². The van der Waals surface area contributed by atoms with E-state index in [1.54, 1.807) is 20.2 Å². The zero-order valence-corrected chi connectivity index (χ0v) is 14.5. The summed E-state index contributed by atoms with van der Waals surface area (Å²) in [5.74, 6) is -0.0544. The van der Waals surface area contributed by atoms with Crippen LogP contribution in [0.15, 0.2) is 36.4 Å². The number of benzene rings is 1. The molecule has 9 heteroatoms. The van der Waals surface area contributed by atoms with Crippen LogP contribution >= 0.6 is 0 Å². The zero-order chi connectivity index (χ0) is 18.9. The molecule has 3 rings (SSSR count). The van der Waals surface area contributed by atoms with Gasteiger partial charge in [-0.3, -0.25) is 0 Å². The highest BCUT2D eigenvalue weighted by molar-refractivity contribution is 5.49. The molecule has 0 saturated carbocycles. The third-order valence-corrected chi connectivity index (χ3v) is 4.22. The van der Waals surface area contributed by atoms with Gasteiger partial charge in [0.05, 0.1) is 13.2 Å². The Morgan fingerprint density at radius 1 is 1.15 bits per heavy atom. The van der Waals surface area contributed by atoms with Gasteiger partial charge in [-0.15, -0.1) is 15.3 Å². The molecule has 0 fully saturated rings. The Balaban J connectivity index is 2.04. The lowest BCUT2D eigenvalue weighted by atomic mass is 10.0. The monoisotopic (exact) mass is 365 g/mol. The number of anilines is 1. The maximum Gasteiger partial charge on any atom is 0.453 e. The summed E-state index contributed by atoms with van der Waals surface area (Å²) in [5.41, 5.74) is 0.974. The van der Waals surface area contributed by atoms with Crippen molar-refractivity contribution in [2.45, 2.75) is 25.6 Å². The molecular weight excluding hydrogens is 347 g/mol. The average molecular weight is 365 g/mol. The van der Waals surface area contributed by atoms with Gasteiger partial charge in [0.1, 0.15) is 11.6 Å². The van der Waals surface area contributed by atoms with Gasteiger partial charge in [0.15, 0.2) is 5.65 Å². The van der Waals surface area contributed by atoms with Gasteiger partial charge < -0.3 is 9.64 Å². The molecule has 1 aromatic carbocycles. The van der Waals surface area contributed by atoms with E-state index < -0.39 is 12.0 Å². The summed E-state index contributed by atoms with van der Waals surface area (Å²) in [6.45, 7) is 1.99. The van der Waals surface area contributed by atoms with E-state index in [9.17, 15) is 13.2 Å². The van der Waals surface area contributed by atoms with Crippen LogP contribution < -0.4 is 9.64 Å². The number of fused-ring (bicyclic) bond motifs is 1. The second kappa shape index (κ2) is 6.81. The van der Waals surface area contributed by atoms with Gasteiger partial charge in [0.2, 0.25) is 0 Å². The van der Waals surface area contributed by atoms with Crippen LogP contribution in [-0.2, 0) is 6.18 Å². The number of para-hydroxylation sites is 1. The second-order valence-corrected chi connectivity index (χ2v) is 5.76. The van der Waals surface area contributed by atoms with Crippen LogP contribution in [0.2, 0.25) is 0 Å². The van der Waals surface area contributed by atoms with Gasteiger partial charge in [0.25, 0.3) is 5.82 Å². The van der Waals surface area contributed by atoms with E-state index in [-0.39, 0.29) is 11.7 Å². The van der Waals surface area contributed by atoms with E-state index in [0.717, 1.165) is 10.1 Å². The molecule has 2 heterocycles. The van der Waals surface area contributed by atoms with E-state index in [0.29, 0.717) is 18.0 Å². The number of ether oxygens (including phenoxy) is 1. The minimum absolute atomic E-state index is 0.0415. The minimum Gasteiger partial charge on any atom is -0.496 e. The molecule has 0 saturated heterocycles. The number of rotatable bonds is 5. The molecule has 6 nitrogen and oxygen atoms in total. The van der Waals surface area contributed by atoms with Crippen molar-refractivity contribution in [2.75, 3.05) is 19.1 Å². The summed E-state index contributed by atoms with van der Waals surface area (Å²) in [4.78, 5) is 1.82. The molecule has 0 aliphatic carbocycles. The fourth-order valence-electron chi connectivity index (χ4n) is 2.95. The Kier molecular flexibility index (Phi) is 4.71. The number of alkyl halides is 3. The van der Waals surface area contributed by atoms with Crippen molar-refractivity contribution in [1.29, 1.82) is 0 Å². The molecule has 26 heavy (non-hydrogen) atoms. The first kappa shape index (κ1) is 18.0. The lowest BCUT2D eigenvalue weighted by molar-refractivity contribution is -0.146. The largest absolute Gasteiger partial charge is 0.496 e. The number of hydrogen-bond donors (Lipinski definition) is 0. The fourth-order valence-corrected chi connectivity index (χ4v) is 2.95. The van der Waals surface area contributed by atoms with Crippen molar-refractivity contribution >= 4 is 11.5 Å². The Labute approximate surface area is 148 Å². The predicted molar refractivity (Wildman–Crippen MR) is 90.2 cm³/mol. The third-order valence-electron chi connectivity index (χ3n) is 4.22. The van der Waals surface area contributed by atoms with E-state index in [4.69, 9.17) is 4.74 Å². The van der Waals surface area contributed by atoms with Crippen LogP contribution in [0.3, 0.4) is 0 Å². The van der Waals surface area contributed by atoms with Crippen LogP contribution in [0.1, 0.15) is 30.8 Å². The van der Waals surface area contributed by atoms with Crippen LogP contribution in [-0.4, -0.2) is 34.0 Å². The van der Waals surface area contributed by atoms with Crippen molar-refractivity contribution < 1.29 is 17.9 Å². The topological polar surface area (TPSA) is 55.5 Å². The Bertz CT molecular complexity index is 909. The Morgan fingerprint density at radius 3 is 2.54 bits per heavy atom. The van der Waals surface area contributed by atoms with Crippen LogP contribution in [0.4, 0.5) is 19.0 Å². The Morgan fingerprint density at radius 2 is 1.88 bits per heavy atom. The summed E-state index contributed by atoms with van der Waals surface area (Å²) in [6.07, 6.45) is -3.92. The molecule has 2 aromatic heterocycles. The molecule has 3 aromatic rings. The van der Waals surface area contributed by atoms with Gasteiger partial charge >= 0.3 is 6.18 Å². The van der Waals surface area contributed by atoms with Crippen molar-refractivity contribution in [1.82, 2.24) is 19.8 Å². The highest BCUT2D eigenvalue weighted by Gasteiger charge is 2.37. The maximum atomic E-state index is 13.1. The first-order valence-corrected chi connectivity index (χ1v) is 8.02. The molecule has 0 N–H and O–H groups in total. The molecule has 0 spiro atoms. The fraction of sp³-hybridized carbons (Fsp3) is 0.353. The molecule has 0 amide bonds. The van der Waals surface area contributed by atoms with E-state index >= 15 is 0 Å². The molecule has 0 unspecified atom stereocenters. The van der Waals surface area contributed by atoms with Gasteiger partial charge in [-0.05, 0) is 24.6 Å². The summed E-state index contributed by atoms with van der Waals surface area (Å²) < 4.78 is 45.4. The SMILES string of the molecule is CC[C@H](c1ccccc1OC)N(C)c1ccc2nnc(C(F)(F)F)n2n1. The zero-order valence-electron chi connectivity index (χ0n) is 14.5. The lowest BCUT2D eigenvalue weighted by Crippen LogP contribution is -2.26. The molecular formula is C17H18F3N5O. The number of nitrogens with zero attached hydrogens (tertiary/aromatic N) is 5. The number of hydrogen-bond acceptors (Lipinski definition) is 5. The molecule has 0 aliphatic rings. The standard InChI is InChI=1S/C17H18F3N5O/c1-4-12(11-7-5-6-8-13(11)26-3)24(2)15-10-9-14-21-22-16(17(18,19)20)25(14)23-15/h5-10,12H,4H2,1-3H3/t12-/m1/s1. The molecule has 0 bridgehead atoms. The van der Waals surface area contributed by atoms with Crippen LogP contribution in [0.25, 0.3) is 5.65 Å². The predicted octanol–water partition coefficient (Wildman–Crippen LogP) is 3.74. The summed E-state index contributed by atoms with van der Waals surface area (Å²) in [7, 11) is 3.37. The first-order chi connectivity index (χ1) is 12.4. The molecule has 0 radical (unpaired) electrons. The van der Waals surface area contributed by atoms with Crippen molar-refractivity contribution in [3.05, 3.63) is 47.8 Å². The summed E-state index contributed by atoms with van der Waals surface area (Å²) in [6, 6.07) is 10.5. The number of aromatic nitrogens is 4. The smallest absolute Gasteiger partial charge is 0.453 e. The molecule has 0 aliphatic heterocycles. The first-order valence-electron chi connectivity index (χ1n) is 8.02. The van der Waals surface area contributed by atoms with Crippen LogP contribution in [0.5, 0.6) is 5.75 Å². The van der Waals surface area contributed by atoms with E-state index in [2.05, 4.69) is 15.3 Å². The van der Waals surface area contributed by atoms with Gasteiger partial charge in [-0.25, -0.2) is 0 Å². The van der Waals surface area contributed by atoms with Gasteiger partial charge in [0, 0.05) is 12.6 Å². The second-order valence-electron chi connectivity index (χ2n) is 5.76. The van der Waals surface area contributed by atoms with E-state index in [1.165, 1.54) is 6.07 Å². The minimum atomic E-state index is -4.63. The highest BCUT2D eigenvalue weighted by Crippen LogP contribution is 2.33. The number of methoxy groups -OCH3 is 1. The van der Waals surface area contributed by atoms with Gasteiger partial charge in [-0.1, -0.05) is 25.1 Å². The normalized spacial score (nSPS) is 13.0. The summed E-state index contributed by atoms with van der Waals surface area (Å²) in [5, 5.41) is 10.8. The van der Waals surface area contributed by atoms with Crippen molar-refractivity contribution in [2.24, 2.45) is 0 Å². The van der Waals surface area contributed by atoms with Crippen molar-refractivity contribution in [3.8, 4) is 5.75 Å². The Hall–Kier alpha value is -2.84. The quantitative estimate of drug-likeness (QED) is 0.689. The average Bonchev–Trinajstić information content (AvgIpc) is 3.06. The summed E-state index contributed by atoms with van der Waals surface area (Å²) >= 11 is 0. The van der Waals surface area contributed by atoms with E-state index in [1.807, 2.05) is 36.1 Å². The molecule has 1 atom stereocenters. The van der Waals surface area contributed by atoms with Crippen molar-refractivity contribution in [3.63, 3.8) is 0 Å². The number of halogens is 3. The van der Waals surface area contributed by atoms with Crippen LogP contribution in [0, 0.1) is 0 Å². The molecule has 138 valence electrons. The highest BCUT2D eigenvalue weighted by atomic mass is 19.4. The maximum absolute atomic E-state index is 13.1.